The number of Topliss-reactive ketones (excluding diaryl/α,β-unsaturated/α-hetero) is 1. The molecule has 0 radical (unpaired) electrons. The number of aryl methyl sites for hydroxylation is 1. The predicted molar refractivity (Wildman–Crippen MR) is 73.6 cm³/mol. The smallest absolute Gasteiger partial charge is 0.141 e. The van der Waals surface area contributed by atoms with E-state index in [2.05, 4.69) is 18.1 Å². The maximum Gasteiger partial charge on any atom is 0.141 e. The molecule has 1 aromatic carbocycles. The molecule has 2 aromatic rings. The molecule has 0 aliphatic rings. The second-order valence-corrected chi connectivity index (χ2v) is 4.73. The number of ketones is 1. The van der Waals surface area contributed by atoms with Crippen LogP contribution in [0.25, 0.3) is 10.9 Å². The Labute approximate surface area is 108 Å². The van der Waals surface area contributed by atoms with Gasteiger partial charge in [-0.1, -0.05) is 32.0 Å². The SMILES string of the molecule is CCC(C)C(=O)Cc1nn(CC)c2ccccc12. The molecule has 0 amide bonds. The average molecular weight is 244 g/mol. The molecule has 1 atom stereocenters. The molecule has 3 heteroatoms. The van der Waals surface area contributed by atoms with Crippen LogP contribution in [0.1, 0.15) is 32.9 Å². The zero-order valence-electron chi connectivity index (χ0n) is 11.3. The van der Waals surface area contributed by atoms with Gasteiger partial charge in [-0.05, 0) is 19.4 Å². The molecule has 1 aromatic heterocycles. The van der Waals surface area contributed by atoms with Crippen molar-refractivity contribution < 1.29 is 4.79 Å². The zero-order valence-corrected chi connectivity index (χ0v) is 11.3. The minimum absolute atomic E-state index is 0.121. The molecule has 1 heterocycles. The summed E-state index contributed by atoms with van der Waals surface area (Å²) in [4.78, 5) is 12.0. The van der Waals surface area contributed by atoms with Crippen LogP contribution in [0.3, 0.4) is 0 Å². The Balaban J connectivity index is 2.36. The van der Waals surface area contributed by atoms with Crippen molar-refractivity contribution in [3.8, 4) is 0 Å². The van der Waals surface area contributed by atoms with Crippen molar-refractivity contribution in [3.63, 3.8) is 0 Å². The number of fused-ring (bicyclic) bond motifs is 1. The van der Waals surface area contributed by atoms with E-state index in [9.17, 15) is 4.79 Å². The van der Waals surface area contributed by atoms with Crippen LogP contribution in [-0.2, 0) is 17.8 Å². The van der Waals surface area contributed by atoms with E-state index in [1.807, 2.05) is 36.7 Å². The Kier molecular flexibility index (Phi) is 3.80. The van der Waals surface area contributed by atoms with Crippen molar-refractivity contribution in [2.45, 2.75) is 40.2 Å². The number of para-hydroxylation sites is 1. The van der Waals surface area contributed by atoms with Crippen molar-refractivity contribution in [1.82, 2.24) is 9.78 Å². The summed E-state index contributed by atoms with van der Waals surface area (Å²) >= 11 is 0. The molecule has 2 rings (SSSR count). The van der Waals surface area contributed by atoms with E-state index in [-0.39, 0.29) is 11.7 Å². The topological polar surface area (TPSA) is 34.9 Å². The van der Waals surface area contributed by atoms with Gasteiger partial charge in [0.2, 0.25) is 0 Å². The van der Waals surface area contributed by atoms with Gasteiger partial charge in [0, 0.05) is 17.8 Å². The van der Waals surface area contributed by atoms with Gasteiger partial charge in [0.25, 0.3) is 0 Å². The Bertz CT molecular complexity index is 557. The van der Waals surface area contributed by atoms with Gasteiger partial charge in [0.05, 0.1) is 17.6 Å². The number of hydrogen-bond acceptors (Lipinski definition) is 2. The third-order valence-corrected chi connectivity index (χ3v) is 3.54. The third kappa shape index (κ3) is 2.30. The van der Waals surface area contributed by atoms with Gasteiger partial charge in [-0.2, -0.15) is 5.10 Å². The van der Waals surface area contributed by atoms with Crippen LogP contribution in [0.4, 0.5) is 0 Å². The van der Waals surface area contributed by atoms with Gasteiger partial charge in [-0.3, -0.25) is 9.48 Å². The average Bonchev–Trinajstić information content (AvgIpc) is 2.76. The molecule has 0 fully saturated rings. The second kappa shape index (κ2) is 5.34. The van der Waals surface area contributed by atoms with Crippen LogP contribution in [0.2, 0.25) is 0 Å². The molecule has 0 saturated carbocycles. The fraction of sp³-hybridized carbons (Fsp3) is 0.467. The first-order chi connectivity index (χ1) is 8.67. The maximum atomic E-state index is 12.0. The number of rotatable bonds is 5. The molecule has 96 valence electrons. The molecule has 0 aliphatic carbocycles. The number of nitrogens with zero attached hydrogens (tertiary/aromatic N) is 2. The Morgan fingerprint density at radius 1 is 1.33 bits per heavy atom. The lowest BCUT2D eigenvalue weighted by Crippen LogP contribution is -2.13. The van der Waals surface area contributed by atoms with Crippen LogP contribution in [0, 0.1) is 5.92 Å². The third-order valence-electron chi connectivity index (χ3n) is 3.54. The lowest BCUT2D eigenvalue weighted by molar-refractivity contribution is -0.121. The highest BCUT2D eigenvalue weighted by Crippen LogP contribution is 2.20. The predicted octanol–water partition coefficient (Wildman–Crippen LogP) is 3.21. The van der Waals surface area contributed by atoms with Crippen molar-refractivity contribution in [2.24, 2.45) is 5.92 Å². The Hall–Kier alpha value is -1.64. The van der Waals surface area contributed by atoms with Crippen LogP contribution >= 0.6 is 0 Å². The van der Waals surface area contributed by atoms with Crippen LogP contribution in [0.15, 0.2) is 24.3 Å². The summed E-state index contributed by atoms with van der Waals surface area (Å²) in [6.45, 7) is 6.93. The first kappa shape index (κ1) is 12.8. The highest BCUT2D eigenvalue weighted by Gasteiger charge is 2.16. The van der Waals surface area contributed by atoms with E-state index < -0.39 is 0 Å². The molecule has 1 unspecified atom stereocenters. The van der Waals surface area contributed by atoms with Crippen LogP contribution < -0.4 is 0 Å². The van der Waals surface area contributed by atoms with E-state index in [0.29, 0.717) is 6.42 Å². The van der Waals surface area contributed by atoms with E-state index in [1.165, 1.54) is 0 Å². The van der Waals surface area contributed by atoms with Crippen LogP contribution in [-0.4, -0.2) is 15.6 Å². The summed E-state index contributed by atoms with van der Waals surface area (Å²) in [5.41, 5.74) is 2.03. The largest absolute Gasteiger partial charge is 0.299 e. The van der Waals surface area contributed by atoms with Crippen molar-refractivity contribution >= 4 is 16.7 Å². The maximum absolute atomic E-state index is 12.0. The normalized spacial score (nSPS) is 12.8. The lowest BCUT2D eigenvalue weighted by atomic mass is 9.99. The Morgan fingerprint density at radius 2 is 2.06 bits per heavy atom. The minimum atomic E-state index is 0.121. The standard InChI is InChI=1S/C15H20N2O/c1-4-11(3)15(18)10-13-12-8-6-7-9-14(12)17(5-2)16-13/h6-9,11H,4-5,10H2,1-3H3. The van der Waals surface area contributed by atoms with Crippen molar-refractivity contribution in [2.75, 3.05) is 0 Å². The fourth-order valence-electron chi connectivity index (χ4n) is 2.13. The summed E-state index contributed by atoms with van der Waals surface area (Å²) in [5.74, 6) is 0.402. The number of carbonyl (C=O) groups excluding carboxylic acids is 1. The highest BCUT2D eigenvalue weighted by atomic mass is 16.1. The number of aromatic nitrogens is 2. The van der Waals surface area contributed by atoms with Gasteiger partial charge in [0.1, 0.15) is 5.78 Å². The van der Waals surface area contributed by atoms with Crippen molar-refractivity contribution in [1.29, 1.82) is 0 Å². The fourth-order valence-corrected chi connectivity index (χ4v) is 2.13. The van der Waals surface area contributed by atoms with E-state index in [1.54, 1.807) is 0 Å². The molecule has 0 bridgehead atoms. The van der Waals surface area contributed by atoms with Gasteiger partial charge >= 0.3 is 0 Å². The van der Waals surface area contributed by atoms with E-state index in [0.717, 1.165) is 29.6 Å². The number of carbonyl (C=O) groups is 1. The first-order valence-corrected chi connectivity index (χ1v) is 6.64. The summed E-state index contributed by atoms with van der Waals surface area (Å²) < 4.78 is 1.97. The summed E-state index contributed by atoms with van der Waals surface area (Å²) in [7, 11) is 0. The quantitative estimate of drug-likeness (QED) is 0.809. The number of hydrogen-bond donors (Lipinski definition) is 0. The molecular formula is C15H20N2O. The Morgan fingerprint density at radius 3 is 2.72 bits per heavy atom. The van der Waals surface area contributed by atoms with E-state index in [4.69, 9.17) is 0 Å². The van der Waals surface area contributed by atoms with Gasteiger partial charge in [-0.15, -0.1) is 0 Å². The second-order valence-electron chi connectivity index (χ2n) is 4.73. The zero-order chi connectivity index (χ0) is 13.1. The van der Waals surface area contributed by atoms with Crippen molar-refractivity contribution in [3.05, 3.63) is 30.0 Å². The monoisotopic (exact) mass is 244 g/mol. The first-order valence-electron chi connectivity index (χ1n) is 6.64. The highest BCUT2D eigenvalue weighted by molar-refractivity contribution is 5.89. The molecule has 18 heavy (non-hydrogen) atoms. The van der Waals surface area contributed by atoms with E-state index >= 15 is 0 Å². The summed E-state index contributed by atoms with van der Waals surface area (Å²) in [6, 6.07) is 8.12. The molecule has 0 aliphatic heterocycles. The molecule has 3 nitrogen and oxygen atoms in total. The molecular weight excluding hydrogens is 224 g/mol. The molecule has 0 saturated heterocycles. The molecule has 0 spiro atoms. The van der Waals surface area contributed by atoms with Gasteiger partial charge < -0.3 is 0 Å². The van der Waals surface area contributed by atoms with Gasteiger partial charge in [-0.25, -0.2) is 0 Å². The summed E-state index contributed by atoms with van der Waals surface area (Å²) in [6.07, 6.45) is 1.34. The minimum Gasteiger partial charge on any atom is -0.299 e. The lowest BCUT2D eigenvalue weighted by Gasteiger charge is -2.05. The van der Waals surface area contributed by atoms with Crippen LogP contribution in [0.5, 0.6) is 0 Å². The molecule has 0 N–H and O–H groups in total. The number of benzene rings is 1. The van der Waals surface area contributed by atoms with Gasteiger partial charge in [0.15, 0.2) is 0 Å². The summed E-state index contributed by atoms with van der Waals surface area (Å²) in [5, 5.41) is 5.67.